The zero-order valence-electron chi connectivity index (χ0n) is 14.3. The van der Waals surface area contributed by atoms with Crippen LogP contribution < -0.4 is 0 Å². The van der Waals surface area contributed by atoms with Crippen molar-refractivity contribution in [2.45, 2.75) is 58.4 Å². The predicted molar refractivity (Wildman–Crippen MR) is 89.0 cm³/mol. The third-order valence-electron chi connectivity index (χ3n) is 4.25. The molecule has 21 heavy (non-hydrogen) atoms. The summed E-state index contributed by atoms with van der Waals surface area (Å²) in [6, 6.07) is 8.19. The maximum Gasteiger partial charge on any atom is 0.334 e. The van der Waals surface area contributed by atoms with Gasteiger partial charge in [-0.15, -0.1) is 0 Å². The first-order valence-electron chi connectivity index (χ1n) is 7.38. The van der Waals surface area contributed by atoms with E-state index in [4.69, 9.17) is 9.16 Å². The average Bonchev–Trinajstić information content (AvgIpc) is 2.38. The van der Waals surface area contributed by atoms with E-state index in [2.05, 4.69) is 46.0 Å². The molecule has 0 fully saturated rings. The number of aryl methyl sites for hydroxylation is 1. The van der Waals surface area contributed by atoms with Gasteiger partial charge in [0.1, 0.15) is 6.10 Å². The maximum absolute atomic E-state index is 12.1. The fourth-order valence-electron chi connectivity index (χ4n) is 1.78. The molecule has 1 rings (SSSR count). The first-order valence-corrected chi connectivity index (χ1v) is 10.3. The molecule has 1 aromatic rings. The SMILES string of the molecule is COC(=O)[C@H](Cc1ccc(C)cc1)O[Si](C)(C)C(C)(C)C. The normalized spacial score (nSPS) is 13.9. The van der Waals surface area contributed by atoms with Crippen molar-refractivity contribution in [2.75, 3.05) is 7.11 Å². The largest absolute Gasteiger partial charge is 0.467 e. The number of rotatable bonds is 5. The Morgan fingerprint density at radius 2 is 1.71 bits per heavy atom. The maximum atomic E-state index is 12.1. The molecule has 118 valence electrons. The summed E-state index contributed by atoms with van der Waals surface area (Å²) in [5, 5.41) is 0.0621. The van der Waals surface area contributed by atoms with Gasteiger partial charge >= 0.3 is 5.97 Å². The molecule has 0 N–H and O–H groups in total. The zero-order valence-corrected chi connectivity index (χ0v) is 15.3. The Labute approximate surface area is 129 Å². The van der Waals surface area contributed by atoms with Gasteiger partial charge in [0.15, 0.2) is 8.32 Å². The van der Waals surface area contributed by atoms with E-state index in [-0.39, 0.29) is 11.0 Å². The molecular formula is C17H28O3Si. The van der Waals surface area contributed by atoms with Gasteiger partial charge in [0.05, 0.1) is 7.11 Å². The second kappa shape index (κ2) is 6.75. The van der Waals surface area contributed by atoms with Gasteiger partial charge in [-0.05, 0) is 30.6 Å². The Morgan fingerprint density at radius 1 is 1.19 bits per heavy atom. The monoisotopic (exact) mass is 308 g/mol. The fraction of sp³-hybridized carbons (Fsp3) is 0.588. The lowest BCUT2D eigenvalue weighted by molar-refractivity contribution is -0.149. The van der Waals surface area contributed by atoms with Gasteiger partial charge in [0.2, 0.25) is 0 Å². The topological polar surface area (TPSA) is 35.5 Å². The smallest absolute Gasteiger partial charge is 0.334 e. The minimum absolute atomic E-state index is 0.0621. The van der Waals surface area contributed by atoms with Crippen molar-refractivity contribution in [3.05, 3.63) is 35.4 Å². The average molecular weight is 308 g/mol. The lowest BCUT2D eigenvalue weighted by Gasteiger charge is -2.38. The molecule has 1 aromatic carbocycles. The van der Waals surface area contributed by atoms with Crippen molar-refractivity contribution in [3.63, 3.8) is 0 Å². The van der Waals surface area contributed by atoms with Gasteiger partial charge in [0.25, 0.3) is 0 Å². The van der Waals surface area contributed by atoms with Crippen LogP contribution in [0.15, 0.2) is 24.3 Å². The number of benzene rings is 1. The summed E-state index contributed by atoms with van der Waals surface area (Å²) in [5.74, 6) is -0.291. The van der Waals surface area contributed by atoms with E-state index < -0.39 is 14.4 Å². The molecule has 0 amide bonds. The van der Waals surface area contributed by atoms with E-state index in [1.165, 1.54) is 12.7 Å². The number of carbonyl (C=O) groups excluding carboxylic acids is 1. The van der Waals surface area contributed by atoms with Crippen LogP contribution in [0.3, 0.4) is 0 Å². The number of hydrogen-bond donors (Lipinski definition) is 0. The van der Waals surface area contributed by atoms with Crippen LogP contribution in [0.5, 0.6) is 0 Å². The molecule has 0 aliphatic heterocycles. The van der Waals surface area contributed by atoms with Gasteiger partial charge in [-0.3, -0.25) is 0 Å². The van der Waals surface area contributed by atoms with Gasteiger partial charge < -0.3 is 9.16 Å². The fourth-order valence-corrected chi connectivity index (χ4v) is 3.02. The molecule has 0 heterocycles. The van der Waals surface area contributed by atoms with E-state index in [9.17, 15) is 4.79 Å². The Hall–Kier alpha value is -1.13. The van der Waals surface area contributed by atoms with E-state index in [1.54, 1.807) is 0 Å². The number of methoxy groups -OCH3 is 1. The minimum Gasteiger partial charge on any atom is -0.467 e. The number of esters is 1. The summed E-state index contributed by atoms with van der Waals surface area (Å²) in [6.45, 7) is 12.8. The summed E-state index contributed by atoms with van der Waals surface area (Å²) in [5.41, 5.74) is 2.30. The summed E-state index contributed by atoms with van der Waals surface area (Å²) in [7, 11) is -0.596. The summed E-state index contributed by atoms with van der Waals surface area (Å²) in [4.78, 5) is 12.1. The van der Waals surface area contributed by atoms with Crippen LogP contribution in [0, 0.1) is 6.92 Å². The lowest BCUT2D eigenvalue weighted by Crippen LogP contribution is -2.47. The first-order chi connectivity index (χ1) is 9.56. The van der Waals surface area contributed by atoms with Crippen molar-refractivity contribution in [3.8, 4) is 0 Å². The molecule has 4 heteroatoms. The highest BCUT2D eigenvalue weighted by atomic mass is 28.4. The molecule has 0 saturated heterocycles. The summed E-state index contributed by atoms with van der Waals surface area (Å²) >= 11 is 0. The summed E-state index contributed by atoms with van der Waals surface area (Å²) < 4.78 is 11.2. The third-order valence-corrected chi connectivity index (χ3v) is 8.73. The van der Waals surface area contributed by atoms with Crippen molar-refractivity contribution < 1.29 is 14.0 Å². The number of ether oxygens (including phenoxy) is 1. The van der Waals surface area contributed by atoms with E-state index in [0.29, 0.717) is 6.42 Å². The van der Waals surface area contributed by atoms with Crippen LogP contribution in [0.25, 0.3) is 0 Å². The Morgan fingerprint density at radius 3 is 2.14 bits per heavy atom. The first kappa shape index (κ1) is 17.9. The van der Waals surface area contributed by atoms with E-state index in [0.717, 1.165) is 5.56 Å². The highest BCUT2D eigenvalue weighted by Crippen LogP contribution is 2.37. The molecule has 0 bridgehead atoms. The Kier molecular flexibility index (Phi) is 5.76. The van der Waals surface area contributed by atoms with E-state index in [1.807, 2.05) is 19.1 Å². The molecule has 0 aromatic heterocycles. The van der Waals surface area contributed by atoms with E-state index >= 15 is 0 Å². The minimum atomic E-state index is -2.01. The van der Waals surface area contributed by atoms with Crippen LogP contribution in [0.1, 0.15) is 31.9 Å². The van der Waals surface area contributed by atoms with Crippen molar-refractivity contribution in [2.24, 2.45) is 0 Å². The van der Waals surface area contributed by atoms with Crippen LogP contribution >= 0.6 is 0 Å². The van der Waals surface area contributed by atoms with Crippen LogP contribution in [0.4, 0.5) is 0 Å². The van der Waals surface area contributed by atoms with Crippen molar-refractivity contribution >= 4 is 14.3 Å². The molecule has 0 aliphatic carbocycles. The molecule has 1 atom stereocenters. The highest BCUT2D eigenvalue weighted by Gasteiger charge is 2.41. The highest BCUT2D eigenvalue weighted by molar-refractivity contribution is 6.74. The second-order valence-electron chi connectivity index (χ2n) is 7.08. The quantitative estimate of drug-likeness (QED) is 0.607. The number of hydrogen-bond acceptors (Lipinski definition) is 3. The van der Waals surface area contributed by atoms with Crippen LogP contribution in [0.2, 0.25) is 18.1 Å². The van der Waals surface area contributed by atoms with Crippen molar-refractivity contribution in [1.29, 1.82) is 0 Å². The van der Waals surface area contributed by atoms with Gasteiger partial charge in [-0.2, -0.15) is 0 Å². The van der Waals surface area contributed by atoms with Crippen molar-refractivity contribution in [1.82, 2.24) is 0 Å². The van der Waals surface area contributed by atoms with Crippen LogP contribution in [-0.4, -0.2) is 27.5 Å². The Bertz CT molecular complexity index is 472. The van der Waals surface area contributed by atoms with Crippen LogP contribution in [-0.2, 0) is 20.4 Å². The molecular weight excluding hydrogens is 280 g/mol. The standard InChI is InChI=1S/C17H28O3Si/c1-13-8-10-14(11-9-13)12-15(16(18)19-5)20-21(6,7)17(2,3)4/h8-11,15H,12H2,1-7H3/t15-/m0/s1. The molecule has 0 aliphatic rings. The molecule has 0 radical (unpaired) electrons. The zero-order chi connectivity index (χ0) is 16.3. The third kappa shape index (κ3) is 4.97. The molecule has 0 saturated carbocycles. The number of carbonyl (C=O) groups is 1. The molecule has 0 unspecified atom stereocenters. The van der Waals surface area contributed by atoms with Gasteiger partial charge in [-0.25, -0.2) is 4.79 Å². The lowest BCUT2D eigenvalue weighted by atomic mass is 10.1. The van der Waals surface area contributed by atoms with Gasteiger partial charge in [-0.1, -0.05) is 50.6 Å². The Balaban J connectivity index is 2.91. The van der Waals surface area contributed by atoms with Gasteiger partial charge in [0, 0.05) is 6.42 Å². The second-order valence-corrected chi connectivity index (χ2v) is 11.8. The predicted octanol–water partition coefficient (Wildman–Crippen LogP) is 4.10. The molecule has 3 nitrogen and oxygen atoms in total. The molecule has 0 spiro atoms. The summed E-state index contributed by atoms with van der Waals surface area (Å²) in [6.07, 6.45) is 0.0259.